The summed E-state index contributed by atoms with van der Waals surface area (Å²) in [7, 11) is 0. The minimum atomic E-state index is -1.42. The molecule has 2 aromatic rings. The zero-order valence-electron chi connectivity index (χ0n) is 13.5. The SMILES string of the molecule is O=C1NC(=O)N(c2ccc(F)cc2)C(=O)[C@@H]1C=Nc1cccc([N+](=O)[O-])c1. The van der Waals surface area contributed by atoms with Gasteiger partial charge in [-0.1, -0.05) is 6.07 Å². The molecule has 1 aliphatic rings. The van der Waals surface area contributed by atoms with Crippen molar-refractivity contribution in [3.63, 3.8) is 0 Å². The molecule has 2 aromatic carbocycles. The zero-order chi connectivity index (χ0) is 19.6. The summed E-state index contributed by atoms with van der Waals surface area (Å²) in [4.78, 5) is 51.4. The Morgan fingerprint density at radius 1 is 1.15 bits per heavy atom. The molecule has 1 fully saturated rings. The van der Waals surface area contributed by atoms with Gasteiger partial charge in [0.2, 0.25) is 5.91 Å². The third kappa shape index (κ3) is 3.68. The fourth-order valence-electron chi connectivity index (χ4n) is 2.40. The van der Waals surface area contributed by atoms with Crippen LogP contribution in [-0.4, -0.2) is 29.0 Å². The fourth-order valence-corrected chi connectivity index (χ4v) is 2.40. The molecule has 4 amide bonds. The van der Waals surface area contributed by atoms with Gasteiger partial charge < -0.3 is 0 Å². The molecule has 0 radical (unpaired) electrons. The molecule has 0 spiro atoms. The van der Waals surface area contributed by atoms with E-state index in [-0.39, 0.29) is 17.1 Å². The van der Waals surface area contributed by atoms with E-state index in [1.54, 1.807) is 0 Å². The monoisotopic (exact) mass is 370 g/mol. The number of imide groups is 2. The second-order valence-corrected chi connectivity index (χ2v) is 5.48. The number of hydrogen-bond acceptors (Lipinski definition) is 6. The molecule has 3 rings (SSSR count). The van der Waals surface area contributed by atoms with Gasteiger partial charge in [0.15, 0.2) is 5.92 Å². The van der Waals surface area contributed by atoms with Crippen LogP contribution in [0.4, 0.5) is 26.2 Å². The average Bonchev–Trinajstić information content (AvgIpc) is 2.63. The van der Waals surface area contributed by atoms with Crippen molar-refractivity contribution in [1.29, 1.82) is 0 Å². The quantitative estimate of drug-likeness (QED) is 0.383. The van der Waals surface area contributed by atoms with Gasteiger partial charge in [0, 0.05) is 18.3 Å². The van der Waals surface area contributed by atoms with E-state index < -0.39 is 34.5 Å². The molecule has 1 heterocycles. The van der Waals surface area contributed by atoms with Gasteiger partial charge in [0.25, 0.3) is 11.6 Å². The summed E-state index contributed by atoms with van der Waals surface area (Å²) in [6, 6.07) is 8.92. The van der Waals surface area contributed by atoms with E-state index >= 15 is 0 Å². The second kappa shape index (κ2) is 7.12. The number of benzene rings is 2. The van der Waals surface area contributed by atoms with E-state index in [0.29, 0.717) is 4.90 Å². The number of carbonyl (C=O) groups is 3. The Hall–Kier alpha value is -3.95. The van der Waals surface area contributed by atoms with Gasteiger partial charge in [-0.3, -0.25) is 30.0 Å². The lowest BCUT2D eigenvalue weighted by atomic mass is 10.1. The molecule has 0 aromatic heterocycles. The van der Waals surface area contributed by atoms with E-state index in [1.807, 2.05) is 5.32 Å². The Labute approximate surface area is 151 Å². The van der Waals surface area contributed by atoms with Crippen LogP contribution in [0.25, 0.3) is 0 Å². The number of urea groups is 1. The first-order chi connectivity index (χ1) is 12.9. The number of nitro benzene ring substituents is 1. The predicted octanol–water partition coefficient (Wildman–Crippen LogP) is 2.34. The zero-order valence-corrected chi connectivity index (χ0v) is 13.5. The molecule has 1 N–H and O–H groups in total. The Bertz CT molecular complexity index is 974. The van der Waals surface area contributed by atoms with Crippen molar-refractivity contribution in [2.45, 2.75) is 0 Å². The van der Waals surface area contributed by atoms with Crippen molar-refractivity contribution in [3.8, 4) is 0 Å². The summed E-state index contributed by atoms with van der Waals surface area (Å²) in [5, 5.41) is 12.8. The number of non-ortho nitro benzene ring substituents is 1. The van der Waals surface area contributed by atoms with E-state index in [4.69, 9.17) is 0 Å². The van der Waals surface area contributed by atoms with Gasteiger partial charge in [0.05, 0.1) is 16.3 Å². The summed E-state index contributed by atoms with van der Waals surface area (Å²) >= 11 is 0. The third-order valence-corrected chi connectivity index (χ3v) is 3.70. The van der Waals surface area contributed by atoms with E-state index in [9.17, 15) is 28.9 Å². The number of barbiturate groups is 1. The highest BCUT2D eigenvalue weighted by molar-refractivity contribution is 6.32. The van der Waals surface area contributed by atoms with Crippen LogP contribution >= 0.6 is 0 Å². The first-order valence-corrected chi connectivity index (χ1v) is 7.60. The number of nitrogens with zero attached hydrogens (tertiary/aromatic N) is 3. The highest BCUT2D eigenvalue weighted by atomic mass is 19.1. The van der Waals surface area contributed by atoms with Gasteiger partial charge in [0.1, 0.15) is 5.82 Å². The van der Waals surface area contributed by atoms with Crippen LogP contribution in [0.3, 0.4) is 0 Å². The van der Waals surface area contributed by atoms with Crippen LogP contribution in [0.5, 0.6) is 0 Å². The van der Waals surface area contributed by atoms with E-state index in [1.165, 1.54) is 36.4 Å². The third-order valence-electron chi connectivity index (χ3n) is 3.70. The summed E-state index contributed by atoms with van der Waals surface area (Å²) in [5.74, 6) is -3.72. The fraction of sp³-hybridized carbons (Fsp3) is 0.0588. The van der Waals surface area contributed by atoms with Crippen LogP contribution in [-0.2, 0) is 9.59 Å². The van der Waals surface area contributed by atoms with Crippen molar-refractivity contribution in [1.82, 2.24) is 5.32 Å². The summed E-state index contributed by atoms with van der Waals surface area (Å²) in [6.07, 6.45) is 1.000. The van der Waals surface area contributed by atoms with Gasteiger partial charge in [-0.05, 0) is 30.3 Å². The molecule has 1 saturated heterocycles. The smallest absolute Gasteiger partial charge is 0.276 e. The molecule has 10 heteroatoms. The standard InChI is InChI=1S/C17H11FN4O5/c18-10-4-6-12(7-5-10)21-16(24)14(15(23)20-17(21)25)9-19-11-2-1-3-13(8-11)22(26)27/h1-9,14H,(H,20,23,25)/t14-/m1/s1. The molecule has 9 nitrogen and oxygen atoms in total. The topological polar surface area (TPSA) is 122 Å². The lowest BCUT2D eigenvalue weighted by Crippen LogP contribution is -2.58. The maximum absolute atomic E-state index is 13.1. The maximum atomic E-state index is 13.1. The molecule has 1 atom stereocenters. The minimum absolute atomic E-state index is 0.0835. The number of anilines is 1. The molecule has 27 heavy (non-hydrogen) atoms. The minimum Gasteiger partial charge on any atom is -0.276 e. The first-order valence-electron chi connectivity index (χ1n) is 7.60. The Morgan fingerprint density at radius 2 is 1.85 bits per heavy atom. The highest BCUT2D eigenvalue weighted by Crippen LogP contribution is 2.22. The van der Waals surface area contributed by atoms with Crippen molar-refractivity contribution < 1.29 is 23.7 Å². The average molecular weight is 370 g/mol. The number of carbonyl (C=O) groups excluding carboxylic acids is 3. The van der Waals surface area contributed by atoms with Crippen LogP contribution in [0.15, 0.2) is 53.5 Å². The van der Waals surface area contributed by atoms with Crippen molar-refractivity contribution in [2.75, 3.05) is 4.90 Å². The number of rotatable bonds is 4. The molecule has 0 unspecified atom stereocenters. The number of aliphatic imine (C=N–C) groups is 1. The molecule has 0 saturated carbocycles. The van der Waals surface area contributed by atoms with Crippen molar-refractivity contribution >= 4 is 41.1 Å². The summed E-state index contributed by atoms with van der Waals surface area (Å²) in [6.45, 7) is 0. The molecule has 1 aliphatic heterocycles. The molecule has 136 valence electrons. The normalized spacial score (nSPS) is 17.3. The lowest BCUT2D eigenvalue weighted by molar-refractivity contribution is -0.384. The van der Waals surface area contributed by atoms with Gasteiger partial charge in [-0.15, -0.1) is 0 Å². The number of amides is 4. The summed E-state index contributed by atoms with van der Waals surface area (Å²) in [5.41, 5.74) is 0.0439. The second-order valence-electron chi connectivity index (χ2n) is 5.48. The van der Waals surface area contributed by atoms with Crippen LogP contribution in [0.2, 0.25) is 0 Å². The Morgan fingerprint density at radius 3 is 2.52 bits per heavy atom. The van der Waals surface area contributed by atoms with Crippen LogP contribution < -0.4 is 10.2 Å². The largest absolute Gasteiger partial charge is 0.335 e. The van der Waals surface area contributed by atoms with Crippen LogP contribution in [0.1, 0.15) is 0 Å². The number of nitro groups is 1. The molecular weight excluding hydrogens is 359 g/mol. The summed E-state index contributed by atoms with van der Waals surface area (Å²) < 4.78 is 13.1. The van der Waals surface area contributed by atoms with Gasteiger partial charge >= 0.3 is 6.03 Å². The van der Waals surface area contributed by atoms with Crippen LogP contribution in [0, 0.1) is 21.8 Å². The van der Waals surface area contributed by atoms with E-state index in [2.05, 4.69) is 4.99 Å². The Balaban J connectivity index is 1.88. The van der Waals surface area contributed by atoms with E-state index in [0.717, 1.165) is 18.3 Å². The lowest BCUT2D eigenvalue weighted by Gasteiger charge is -2.28. The molecule has 0 aliphatic carbocycles. The maximum Gasteiger partial charge on any atom is 0.335 e. The Kier molecular flexibility index (Phi) is 4.71. The number of hydrogen-bond donors (Lipinski definition) is 1. The number of halogens is 1. The number of nitrogens with one attached hydrogen (secondary N) is 1. The molecule has 0 bridgehead atoms. The molecular formula is C17H11FN4O5. The predicted molar refractivity (Wildman–Crippen MR) is 92.2 cm³/mol. The highest BCUT2D eigenvalue weighted by Gasteiger charge is 2.40. The van der Waals surface area contributed by atoms with Crippen molar-refractivity contribution in [3.05, 3.63) is 64.5 Å². The van der Waals surface area contributed by atoms with Crippen molar-refractivity contribution in [2.24, 2.45) is 10.9 Å². The van der Waals surface area contributed by atoms with Gasteiger partial charge in [-0.2, -0.15) is 0 Å². The van der Waals surface area contributed by atoms with Gasteiger partial charge in [-0.25, -0.2) is 14.1 Å². The first kappa shape index (κ1) is 17.9.